The van der Waals surface area contributed by atoms with E-state index in [0.717, 1.165) is 12.1 Å². The Hall–Kier alpha value is -2.54. The lowest BCUT2D eigenvalue weighted by molar-refractivity contribution is -0.858. The minimum Gasteiger partial charge on any atom is -0.507 e. The van der Waals surface area contributed by atoms with Gasteiger partial charge < -0.3 is 19.6 Å². The van der Waals surface area contributed by atoms with Crippen LogP contribution < -0.4 is 9.64 Å². The molecule has 1 aliphatic heterocycles. The number of quaternary nitrogens is 1. The summed E-state index contributed by atoms with van der Waals surface area (Å²) in [6.45, 7) is 3.04. The summed E-state index contributed by atoms with van der Waals surface area (Å²) in [5, 5.41) is 11.8. The van der Waals surface area contributed by atoms with Crippen LogP contribution in [0.4, 0.5) is 0 Å². The maximum atomic E-state index is 13.1. The molecule has 0 unspecified atom stereocenters. The smallest absolute Gasteiger partial charge is 0.295 e. The number of carbonyl (C=O) groups excluding carboxylic acids is 2. The van der Waals surface area contributed by atoms with Gasteiger partial charge in [0, 0.05) is 18.5 Å². The molecule has 1 fully saturated rings. The molecule has 1 aliphatic rings. The van der Waals surface area contributed by atoms with Gasteiger partial charge in [0.2, 0.25) is 0 Å². The van der Waals surface area contributed by atoms with Crippen LogP contribution >= 0.6 is 23.2 Å². The summed E-state index contributed by atoms with van der Waals surface area (Å²) in [6, 6.07) is 9.33. The molecule has 0 aliphatic carbocycles. The van der Waals surface area contributed by atoms with E-state index < -0.39 is 17.7 Å². The summed E-state index contributed by atoms with van der Waals surface area (Å²) in [4.78, 5) is 28.8. The number of nitrogens with one attached hydrogen (secondary N) is 1. The van der Waals surface area contributed by atoms with Crippen LogP contribution in [0.2, 0.25) is 10.0 Å². The molecule has 8 heteroatoms. The molecule has 0 radical (unpaired) electrons. The van der Waals surface area contributed by atoms with Crippen molar-refractivity contribution in [3.8, 4) is 5.75 Å². The molecule has 1 amide bonds. The first-order chi connectivity index (χ1) is 15.1. The molecule has 0 bridgehead atoms. The number of aliphatic hydroxyl groups is 1. The number of Topliss-reactive ketones (excluding diaryl/α,β-unsaturated/α-hetero) is 1. The Morgan fingerprint density at radius 2 is 1.84 bits per heavy atom. The fourth-order valence-corrected chi connectivity index (χ4v) is 4.23. The Kier molecular flexibility index (Phi) is 7.49. The van der Waals surface area contributed by atoms with Crippen LogP contribution in [0.25, 0.3) is 5.76 Å². The number of hydrogen-bond donors (Lipinski definition) is 2. The standard InChI is InChI=1S/C24H26Cl2N2O4/c1-14-12-16(7-9-19(14)32-4)22(29)20-21(15-6-8-17(25)18(26)13-15)28(24(31)23(20)30)11-5-10-27(2)3/h6-9,12-13,21,29H,5,10-11H2,1-4H3/p+1/t21-/m1/s1. The predicted octanol–water partition coefficient (Wildman–Crippen LogP) is 3.27. The maximum Gasteiger partial charge on any atom is 0.295 e. The van der Waals surface area contributed by atoms with E-state index in [9.17, 15) is 14.7 Å². The fourth-order valence-electron chi connectivity index (χ4n) is 3.92. The van der Waals surface area contributed by atoms with Crippen LogP contribution in [-0.4, -0.2) is 56.0 Å². The van der Waals surface area contributed by atoms with Crippen molar-refractivity contribution in [2.75, 3.05) is 34.3 Å². The van der Waals surface area contributed by atoms with Gasteiger partial charge in [0.1, 0.15) is 11.5 Å². The number of aliphatic hydroxyl groups excluding tert-OH is 1. The van der Waals surface area contributed by atoms with Crippen molar-refractivity contribution in [1.29, 1.82) is 0 Å². The Labute approximate surface area is 198 Å². The monoisotopic (exact) mass is 477 g/mol. The molecule has 32 heavy (non-hydrogen) atoms. The number of benzene rings is 2. The van der Waals surface area contributed by atoms with Crippen molar-refractivity contribution in [2.24, 2.45) is 0 Å². The number of amides is 1. The quantitative estimate of drug-likeness (QED) is 0.364. The molecule has 1 heterocycles. The number of rotatable bonds is 7. The second-order valence-corrected chi connectivity index (χ2v) is 8.98. The van der Waals surface area contributed by atoms with Crippen molar-refractivity contribution < 1.29 is 24.3 Å². The van der Waals surface area contributed by atoms with Crippen molar-refractivity contribution >= 4 is 40.7 Å². The minimum absolute atomic E-state index is 0.0372. The molecule has 1 atom stereocenters. The van der Waals surface area contributed by atoms with Gasteiger partial charge in [0.25, 0.3) is 11.7 Å². The van der Waals surface area contributed by atoms with Gasteiger partial charge in [-0.2, -0.15) is 0 Å². The van der Waals surface area contributed by atoms with E-state index in [1.165, 1.54) is 9.80 Å². The van der Waals surface area contributed by atoms with Crippen molar-refractivity contribution in [3.05, 3.63) is 68.7 Å². The highest BCUT2D eigenvalue weighted by molar-refractivity contribution is 6.46. The highest BCUT2D eigenvalue weighted by atomic mass is 35.5. The number of ketones is 1. The van der Waals surface area contributed by atoms with Gasteiger partial charge in [-0.1, -0.05) is 29.3 Å². The number of halogens is 2. The largest absolute Gasteiger partial charge is 0.507 e. The highest BCUT2D eigenvalue weighted by Crippen LogP contribution is 2.41. The molecule has 0 aromatic heterocycles. The Morgan fingerprint density at radius 1 is 1.12 bits per heavy atom. The number of nitrogens with zero attached hydrogens (tertiary/aromatic N) is 1. The van der Waals surface area contributed by atoms with Crippen LogP contribution in [0, 0.1) is 6.92 Å². The minimum atomic E-state index is -0.760. The first-order valence-electron chi connectivity index (χ1n) is 10.3. The molecule has 0 saturated carbocycles. The zero-order chi connectivity index (χ0) is 23.6. The summed E-state index contributed by atoms with van der Waals surface area (Å²) in [5.74, 6) is -0.925. The van der Waals surface area contributed by atoms with Crippen molar-refractivity contribution in [2.45, 2.75) is 19.4 Å². The molecule has 2 N–H and O–H groups in total. The number of aryl methyl sites for hydroxylation is 1. The molecule has 0 spiro atoms. The number of ether oxygens (including phenoxy) is 1. The van der Waals surface area contributed by atoms with Crippen LogP contribution in [0.15, 0.2) is 42.0 Å². The van der Waals surface area contributed by atoms with E-state index >= 15 is 0 Å². The lowest BCUT2D eigenvalue weighted by atomic mass is 9.94. The number of carbonyl (C=O) groups is 2. The molecule has 170 valence electrons. The van der Waals surface area contributed by atoms with Gasteiger partial charge in [-0.05, 0) is 48.4 Å². The van der Waals surface area contributed by atoms with Crippen LogP contribution in [-0.2, 0) is 9.59 Å². The van der Waals surface area contributed by atoms with Gasteiger partial charge >= 0.3 is 0 Å². The van der Waals surface area contributed by atoms with E-state index in [-0.39, 0.29) is 11.3 Å². The summed E-state index contributed by atoms with van der Waals surface area (Å²) in [6.07, 6.45) is 0.703. The highest BCUT2D eigenvalue weighted by Gasteiger charge is 2.46. The predicted molar refractivity (Wildman–Crippen MR) is 125 cm³/mol. The Balaban J connectivity index is 2.13. The third-order valence-electron chi connectivity index (χ3n) is 5.54. The van der Waals surface area contributed by atoms with E-state index in [1.54, 1.807) is 43.5 Å². The average Bonchev–Trinajstić information content (AvgIpc) is 3.00. The SMILES string of the molecule is COc1ccc(C(O)=C2C(=O)C(=O)N(CCC[NH+](C)C)[C@@H]2c2ccc(Cl)c(Cl)c2)cc1C. The van der Waals surface area contributed by atoms with E-state index in [2.05, 4.69) is 0 Å². The second kappa shape index (κ2) is 9.94. The molecule has 2 aromatic rings. The lowest BCUT2D eigenvalue weighted by Crippen LogP contribution is -3.05. The first-order valence-corrected chi connectivity index (χ1v) is 11.1. The van der Waals surface area contributed by atoms with Crippen LogP contribution in [0.1, 0.15) is 29.2 Å². The van der Waals surface area contributed by atoms with E-state index in [0.29, 0.717) is 39.9 Å². The molecule has 6 nitrogen and oxygen atoms in total. The first kappa shape index (κ1) is 24.1. The average molecular weight is 478 g/mol. The Bertz CT molecular complexity index is 1080. The summed E-state index contributed by atoms with van der Waals surface area (Å²) >= 11 is 12.3. The van der Waals surface area contributed by atoms with Crippen LogP contribution in [0.3, 0.4) is 0 Å². The molecule has 3 rings (SSSR count). The number of methoxy groups -OCH3 is 1. The number of likely N-dealkylation sites (tertiary alicyclic amines) is 1. The number of hydrogen-bond acceptors (Lipinski definition) is 4. The normalized spacial score (nSPS) is 18.0. The van der Waals surface area contributed by atoms with Crippen LogP contribution in [0.5, 0.6) is 5.75 Å². The second-order valence-electron chi connectivity index (χ2n) is 8.16. The summed E-state index contributed by atoms with van der Waals surface area (Å²) in [5.41, 5.74) is 1.88. The lowest BCUT2D eigenvalue weighted by Gasteiger charge is -2.26. The third kappa shape index (κ3) is 4.77. The Morgan fingerprint density at radius 3 is 2.44 bits per heavy atom. The summed E-state index contributed by atoms with van der Waals surface area (Å²) in [7, 11) is 5.61. The van der Waals surface area contributed by atoms with Gasteiger partial charge in [-0.3, -0.25) is 9.59 Å². The van der Waals surface area contributed by atoms with Gasteiger partial charge in [0.15, 0.2) is 0 Å². The molecule has 2 aromatic carbocycles. The van der Waals surface area contributed by atoms with E-state index in [1.807, 2.05) is 21.0 Å². The molecular formula is C24H27Cl2N2O4+. The van der Waals surface area contributed by atoms with Crippen molar-refractivity contribution in [1.82, 2.24) is 4.90 Å². The topological polar surface area (TPSA) is 71.3 Å². The third-order valence-corrected chi connectivity index (χ3v) is 6.28. The van der Waals surface area contributed by atoms with Gasteiger partial charge in [-0.25, -0.2) is 0 Å². The molecular weight excluding hydrogens is 451 g/mol. The zero-order valence-corrected chi connectivity index (χ0v) is 20.0. The van der Waals surface area contributed by atoms with Crippen molar-refractivity contribution in [3.63, 3.8) is 0 Å². The van der Waals surface area contributed by atoms with Gasteiger partial charge in [-0.15, -0.1) is 0 Å². The van der Waals surface area contributed by atoms with Gasteiger partial charge in [0.05, 0.1) is 49.4 Å². The fraction of sp³-hybridized carbons (Fsp3) is 0.333. The zero-order valence-electron chi connectivity index (χ0n) is 18.5. The van der Waals surface area contributed by atoms with E-state index in [4.69, 9.17) is 27.9 Å². The maximum absolute atomic E-state index is 13.1. The molecule has 1 saturated heterocycles. The summed E-state index contributed by atoms with van der Waals surface area (Å²) < 4.78 is 5.28.